The van der Waals surface area contributed by atoms with Crippen molar-refractivity contribution in [1.29, 1.82) is 0 Å². The Balaban J connectivity index is 0.000000241. The van der Waals surface area contributed by atoms with Crippen LogP contribution in [-0.2, 0) is 14.1 Å². The minimum absolute atomic E-state index is 0.0463. The van der Waals surface area contributed by atoms with Gasteiger partial charge < -0.3 is 30.3 Å². The number of halogens is 2. The molecule has 4 aromatic heterocycles. The van der Waals surface area contributed by atoms with Crippen molar-refractivity contribution in [3.8, 4) is 28.7 Å². The van der Waals surface area contributed by atoms with Gasteiger partial charge in [0.05, 0.1) is 22.8 Å². The summed E-state index contributed by atoms with van der Waals surface area (Å²) in [5.41, 5.74) is 1.25. The fraction of sp³-hybridized carbons (Fsp3) is 0.154. The fourth-order valence-corrected chi connectivity index (χ4v) is 7.00. The molecular formula is C52H52F2N12O8. The van der Waals surface area contributed by atoms with E-state index in [1.807, 2.05) is 6.07 Å². The number of carbonyl (C=O) groups is 4. The average Bonchev–Trinajstić information content (AvgIpc) is 3.74. The van der Waals surface area contributed by atoms with Gasteiger partial charge in [-0.3, -0.25) is 39.2 Å². The van der Waals surface area contributed by atoms with E-state index in [9.17, 15) is 37.5 Å². The second-order valence-corrected chi connectivity index (χ2v) is 16.0. The summed E-state index contributed by atoms with van der Waals surface area (Å²) in [6.07, 6.45) is 9.51. The van der Waals surface area contributed by atoms with Crippen LogP contribution in [0.4, 0.5) is 41.4 Å². The molecule has 0 saturated carbocycles. The Morgan fingerprint density at radius 1 is 0.689 bits per heavy atom. The van der Waals surface area contributed by atoms with Gasteiger partial charge in [-0.2, -0.15) is 0 Å². The molecule has 7 aromatic rings. The van der Waals surface area contributed by atoms with Gasteiger partial charge in [-0.15, -0.1) is 0 Å². The van der Waals surface area contributed by atoms with E-state index in [2.05, 4.69) is 43.1 Å². The van der Waals surface area contributed by atoms with E-state index >= 15 is 0 Å². The Morgan fingerprint density at radius 3 is 1.69 bits per heavy atom. The summed E-state index contributed by atoms with van der Waals surface area (Å²) in [6, 6.07) is 21.8. The van der Waals surface area contributed by atoms with Gasteiger partial charge in [0, 0.05) is 83.3 Å². The minimum Gasteiger partial charge on any atom is -0.454 e. The molecule has 0 aliphatic rings. The summed E-state index contributed by atoms with van der Waals surface area (Å²) in [4.78, 5) is 84.7. The number of rotatable bonds is 14. The maximum atomic E-state index is 14.8. The standard InChI is InChI=1S/C27H29FN6O4.C25H23FN6O4/c1-7-9-10-19(8-2)34-26(36)24(17(3)33(34)6)25(35)30-18-11-12-22(21(28)15-18)38-20-13-14-29-23(16-20)31-27(37)32(4)5;1-15-22(24(34)32(31(15)3)17-7-5-4-6-8-17)23(33)29-16-9-10-20(19(26)13-16)36-18-11-12-28-21(14-18)30-25(35)27-2/h7-16H,1H2,2-6H3,(H,30,35)(H,29,31,37);4-14H,1-3H3,(H,29,33)(H2,27,28,30,35)/b10-9-,19-8+;. The van der Waals surface area contributed by atoms with E-state index in [1.54, 1.807) is 107 Å². The van der Waals surface area contributed by atoms with E-state index in [0.717, 1.165) is 12.1 Å². The number of ether oxygens (including phenoxy) is 2. The van der Waals surface area contributed by atoms with Gasteiger partial charge >= 0.3 is 12.1 Å². The molecule has 0 unspecified atom stereocenters. The SMILES string of the molecule is C=C/C=C\C(=C/C)n1c(=O)c(C(=O)Nc2ccc(Oc3ccnc(NC(=O)N(C)C)c3)c(F)c2)c(C)n1C.CNC(=O)Nc1cc(Oc2ccc(NC(=O)c3c(C)n(C)n(-c4ccccc4)c3=O)cc2F)ccn1. The van der Waals surface area contributed by atoms with Crippen molar-refractivity contribution in [2.75, 3.05) is 42.4 Å². The van der Waals surface area contributed by atoms with Crippen LogP contribution < -0.4 is 47.2 Å². The number of aromatic nitrogens is 6. The number of hydrogen-bond donors (Lipinski definition) is 5. The van der Waals surface area contributed by atoms with Crippen molar-refractivity contribution in [3.05, 3.63) is 189 Å². The highest BCUT2D eigenvalue weighted by molar-refractivity contribution is 6.05. The molecule has 0 radical (unpaired) electrons. The van der Waals surface area contributed by atoms with E-state index in [0.29, 0.717) is 22.8 Å². The van der Waals surface area contributed by atoms with Crippen molar-refractivity contribution >= 4 is 52.6 Å². The number of amides is 6. The van der Waals surface area contributed by atoms with Crippen LogP contribution in [0.25, 0.3) is 11.4 Å². The molecule has 22 heteroatoms. The van der Waals surface area contributed by atoms with E-state index < -0.39 is 40.6 Å². The second-order valence-electron chi connectivity index (χ2n) is 16.0. The number of anilines is 4. The molecule has 5 N–H and O–H groups in total. The maximum Gasteiger partial charge on any atom is 0.322 e. The van der Waals surface area contributed by atoms with Crippen LogP contribution in [0.2, 0.25) is 0 Å². The first-order chi connectivity index (χ1) is 35.3. The quantitative estimate of drug-likeness (QED) is 0.0652. The van der Waals surface area contributed by atoms with Crippen LogP contribution in [-0.4, -0.2) is 78.6 Å². The molecule has 0 aliphatic heterocycles. The zero-order valence-corrected chi connectivity index (χ0v) is 41.5. The summed E-state index contributed by atoms with van der Waals surface area (Å²) >= 11 is 0. The highest BCUT2D eigenvalue weighted by Gasteiger charge is 2.25. The van der Waals surface area contributed by atoms with Crippen LogP contribution in [0.3, 0.4) is 0 Å². The normalized spacial score (nSPS) is 11.0. The van der Waals surface area contributed by atoms with Crippen LogP contribution in [0, 0.1) is 25.5 Å². The molecular weight excluding hydrogens is 959 g/mol. The van der Waals surface area contributed by atoms with Gasteiger partial charge in [-0.25, -0.2) is 37.7 Å². The van der Waals surface area contributed by atoms with Gasteiger partial charge in [0.15, 0.2) is 23.1 Å². The summed E-state index contributed by atoms with van der Waals surface area (Å²) in [6.45, 7) is 8.72. The molecule has 382 valence electrons. The van der Waals surface area contributed by atoms with Gasteiger partial charge in [0.25, 0.3) is 22.9 Å². The average molecular weight is 1010 g/mol. The molecule has 3 aromatic carbocycles. The van der Waals surface area contributed by atoms with Gasteiger partial charge in [0.2, 0.25) is 0 Å². The Labute approximate surface area is 422 Å². The first kappa shape index (κ1) is 53.5. The fourth-order valence-electron chi connectivity index (χ4n) is 7.00. The number of hydrogen-bond acceptors (Lipinski definition) is 10. The third-order valence-electron chi connectivity index (χ3n) is 10.9. The number of benzene rings is 3. The summed E-state index contributed by atoms with van der Waals surface area (Å²) < 4.78 is 46.7. The van der Waals surface area contributed by atoms with E-state index in [4.69, 9.17) is 9.47 Å². The lowest BCUT2D eigenvalue weighted by molar-refractivity contribution is 0.101. The van der Waals surface area contributed by atoms with E-state index in [1.165, 1.54) is 82.2 Å². The third kappa shape index (κ3) is 12.5. The number of urea groups is 2. The van der Waals surface area contributed by atoms with Crippen molar-refractivity contribution in [3.63, 3.8) is 0 Å². The molecule has 4 heterocycles. The summed E-state index contributed by atoms with van der Waals surface area (Å²) in [5.74, 6) is -2.09. The monoisotopic (exact) mass is 1010 g/mol. The molecule has 20 nitrogen and oxygen atoms in total. The summed E-state index contributed by atoms with van der Waals surface area (Å²) in [7, 11) is 7.98. The molecule has 0 saturated heterocycles. The lowest BCUT2D eigenvalue weighted by Gasteiger charge is -2.13. The van der Waals surface area contributed by atoms with Crippen molar-refractivity contribution in [1.82, 2.24) is 38.9 Å². The van der Waals surface area contributed by atoms with Crippen molar-refractivity contribution < 1.29 is 37.4 Å². The van der Waals surface area contributed by atoms with Crippen LogP contribution in [0.5, 0.6) is 23.0 Å². The largest absolute Gasteiger partial charge is 0.454 e. The Hall–Kier alpha value is -9.86. The topological polar surface area (TPSA) is 230 Å². The summed E-state index contributed by atoms with van der Waals surface area (Å²) in [5, 5.41) is 12.6. The van der Waals surface area contributed by atoms with Crippen LogP contribution in [0.1, 0.15) is 39.0 Å². The predicted molar refractivity (Wildman–Crippen MR) is 278 cm³/mol. The molecule has 0 atom stereocenters. The van der Waals surface area contributed by atoms with Crippen molar-refractivity contribution in [2.24, 2.45) is 14.1 Å². The number of allylic oxidation sites excluding steroid dienone is 5. The van der Waals surface area contributed by atoms with Crippen LogP contribution >= 0.6 is 0 Å². The number of nitrogens with one attached hydrogen (secondary N) is 5. The molecule has 0 fully saturated rings. The molecule has 0 aliphatic carbocycles. The van der Waals surface area contributed by atoms with E-state index in [-0.39, 0.29) is 63.2 Å². The predicted octanol–water partition coefficient (Wildman–Crippen LogP) is 8.58. The minimum atomic E-state index is -0.744. The lowest BCUT2D eigenvalue weighted by Crippen LogP contribution is -2.27. The first-order valence-corrected chi connectivity index (χ1v) is 22.4. The lowest BCUT2D eigenvalue weighted by atomic mass is 10.2. The number of pyridine rings is 2. The van der Waals surface area contributed by atoms with Gasteiger partial charge in [-0.1, -0.05) is 43.0 Å². The van der Waals surface area contributed by atoms with Crippen LogP contribution in [0.15, 0.2) is 144 Å². The zero-order valence-electron chi connectivity index (χ0n) is 41.5. The third-order valence-corrected chi connectivity index (χ3v) is 10.9. The second kappa shape index (κ2) is 23.8. The Bertz CT molecular complexity index is 3450. The number of carbonyl (C=O) groups excluding carboxylic acids is 4. The zero-order chi connectivity index (χ0) is 53.8. The molecule has 6 amide bonds. The van der Waals surface area contributed by atoms with Crippen molar-refractivity contribution in [2.45, 2.75) is 20.8 Å². The highest BCUT2D eigenvalue weighted by Crippen LogP contribution is 2.30. The molecule has 7 rings (SSSR count). The molecule has 0 spiro atoms. The highest BCUT2D eigenvalue weighted by atomic mass is 19.1. The number of para-hydroxylation sites is 1. The number of nitrogens with zero attached hydrogens (tertiary/aromatic N) is 7. The first-order valence-electron chi connectivity index (χ1n) is 22.4. The molecule has 0 bridgehead atoms. The smallest absolute Gasteiger partial charge is 0.322 e. The molecule has 74 heavy (non-hydrogen) atoms. The Kier molecular flexibility index (Phi) is 17.2. The van der Waals surface area contributed by atoms with Gasteiger partial charge in [0.1, 0.15) is 34.3 Å². The Morgan fingerprint density at radius 2 is 1.20 bits per heavy atom. The van der Waals surface area contributed by atoms with Gasteiger partial charge in [-0.05, 0) is 75.4 Å². The maximum absolute atomic E-state index is 14.8.